The van der Waals surface area contributed by atoms with Crippen LogP contribution in [0, 0.1) is 0 Å². The lowest BCUT2D eigenvalue weighted by atomic mass is 9.76. The SMILES string of the molecule is CC(N)c1ccc(C2CC(c3cc(C(F)(F)F)nc(C(F)(F)F)c3)(C(F)(F)F)C=N2)cc1. The number of halogens is 9. The minimum atomic E-state index is -5.38. The van der Waals surface area contributed by atoms with E-state index < -0.39 is 53.4 Å². The maximum atomic E-state index is 14.1. The first-order valence-corrected chi connectivity index (χ1v) is 9.18. The van der Waals surface area contributed by atoms with Crippen molar-refractivity contribution in [3.05, 3.63) is 64.5 Å². The van der Waals surface area contributed by atoms with Gasteiger partial charge in [0.15, 0.2) is 0 Å². The number of benzene rings is 1. The maximum Gasteiger partial charge on any atom is 0.433 e. The van der Waals surface area contributed by atoms with Crippen LogP contribution in [0.2, 0.25) is 0 Å². The van der Waals surface area contributed by atoms with Gasteiger partial charge < -0.3 is 5.73 Å². The van der Waals surface area contributed by atoms with E-state index in [1.54, 1.807) is 19.1 Å². The fraction of sp³-hybridized carbons (Fsp3) is 0.400. The molecule has 3 unspecified atom stereocenters. The van der Waals surface area contributed by atoms with Gasteiger partial charge in [-0.05, 0) is 42.2 Å². The van der Waals surface area contributed by atoms with Crippen LogP contribution in [0.4, 0.5) is 39.5 Å². The molecular weight excluding hydrogens is 453 g/mol. The molecule has 1 aromatic carbocycles. The second kappa shape index (κ2) is 7.75. The molecule has 0 radical (unpaired) electrons. The molecule has 2 aromatic rings. The Balaban J connectivity index is 2.11. The number of nitrogens with zero attached hydrogens (tertiary/aromatic N) is 2. The highest BCUT2D eigenvalue weighted by atomic mass is 19.4. The fourth-order valence-electron chi connectivity index (χ4n) is 3.48. The Bertz CT molecular complexity index is 973. The predicted octanol–water partition coefficient (Wildman–Crippen LogP) is 6.15. The summed E-state index contributed by atoms with van der Waals surface area (Å²) in [5.74, 6) is 0. The largest absolute Gasteiger partial charge is 0.433 e. The zero-order valence-corrected chi connectivity index (χ0v) is 16.3. The molecule has 3 nitrogen and oxygen atoms in total. The molecule has 12 heteroatoms. The van der Waals surface area contributed by atoms with Crippen LogP contribution in [0.1, 0.15) is 53.5 Å². The Hall–Kier alpha value is -2.63. The number of nitrogens with two attached hydrogens (primary N) is 1. The number of aliphatic imine (C=N–C) groups is 1. The average molecular weight is 469 g/mol. The zero-order valence-electron chi connectivity index (χ0n) is 16.3. The zero-order chi connectivity index (χ0) is 24.1. The molecule has 32 heavy (non-hydrogen) atoms. The van der Waals surface area contributed by atoms with Gasteiger partial charge in [-0.25, -0.2) is 4.98 Å². The first kappa shape index (κ1) is 24.0. The van der Waals surface area contributed by atoms with Crippen molar-refractivity contribution in [3.63, 3.8) is 0 Å². The van der Waals surface area contributed by atoms with E-state index in [1.165, 1.54) is 12.1 Å². The van der Waals surface area contributed by atoms with E-state index in [0.29, 0.717) is 17.3 Å². The van der Waals surface area contributed by atoms with E-state index >= 15 is 0 Å². The molecule has 2 heterocycles. The molecule has 0 bridgehead atoms. The van der Waals surface area contributed by atoms with Crippen LogP contribution < -0.4 is 5.73 Å². The standard InChI is InChI=1S/C20H16F9N3/c1-10(30)11-2-4-12(5-3-11)14-8-17(9-31-14,20(27,28)29)13-6-15(18(21,22)23)32-16(7-13)19(24,25)26/h2-7,9-10,14H,8,30H2,1H3. The van der Waals surface area contributed by atoms with Gasteiger partial charge in [0.05, 0.1) is 6.04 Å². The summed E-state index contributed by atoms with van der Waals surface area (Å²) in [7, 11) is 0. The molecule has 2 N–H and O–H groups in total. The number of aromatic nitrogens is 1. The van der Waals surface area contributed by atoms with Crippen LogP contribution in [0.25, 0.3) is 0 Å². The van der Waals surface area contributed by atoms with E-state index in [1.807, 2.05) is 0 Å². The molecular formula is C20H16F9N3. The molecule has 0 aliphatic carbocycles. The Labute approximate surface area is 176 Å². The number of rotatable bonds is 3. The van der Waals surface area contributed by atoms with E-state index in [0.717, 1.165) is 0 Å². The molecule has 1 aliphatic heterocycles. The molecule has 0 saturated carbocycles. The van der Waals surface area contributed by atoms with Crippen molar-refractivity contribution in [2.24, 2.45) is 10.7 Å². The lowest BCUT2D eigenvalue weighted by Gasteiger charge is -2.31. The third-order valence-corrected chi connectivity index (χ3v) is 5.26. The molecule has 3 atom stereocenters. The minimum absolute atomic E-state index is 0.00364. The van der Waals surface area contributed by atoms with Crippen LogP contribution in [0.15, 0.2) is 41.4 Å². The van der Waals surface area contributed by atoms with Crippen LogP contribution in [0.3, 0.4) is 0 Å². The normalized spacial score (nSPS) is 22.9. The Kier molecular flexibility index (Phi) is 5.82. The third-order valence-electron chi connectivity index (χ3n) is 5.26. The number of hydrogen-bond acceptors (Lipinski definition) is 3. The number of alkyl halides is 9. The molecule has 174 valence electrons. The summed E-state index contributed by atoms with van der Waals surface area (Å²) in [5, 5.41) is 0. The van der Waals surface area contributed by atoms with E-state index in [-0.39, 0.29) is 18.2 Å². The number of hydrogen-bond donors (Lipinski definition) is 1. The quantitative estimate of drug-likeness (QED) is 0.548. The van der Waals surface area contributed by atoms with Crippen LogP contribution in [0.5, 0.6) is 0 Å². The monoisotopic (exact) mass is 469 g/mol. The topological polar surface area (TPSA) is 51.3 Å². The fourth-order valence-corrected chi connectivity index (χ4v) is 3.48. The summed E-state index contributed by atoms with van der Waals surface area (Å²) in [5.41, 5.74) is -1.77. The lowest BCUT2D eigenvalue weighted by Crippen LogP contribution is -2.43. The Morgan fingerprint density at radius 1 is 0.906 bits per heavy atom. The minimum Gasteiger partial charge on any atom is -0.324 e. The van der Waals surface area contributed by atoms with Crippen LogP contribution in [-0.4, -0.2) is 17.4 Å². The Morgan fingerprint density at radius 3 is 1.81 bits per heavy atom. The predicted molar refractivity (Wildman–Crippen MR) is 96.9 cm³/mol. The van der Waals surface area contributed by atoms with Gasteiger partial charge in [0, 0.05) is 12.3 Å². The molecule has 0 fully saturated rings. The highest BCUT2D eigenvalue weighted by molar-refractivity contribution is 5.78. The van der Waals surface area contributed by atoms with Crippen molar-refractivity contribution in [2.75, 3.05) is 0 Å². The van der Waals surface area contributed by atoms with E-state index in [2.05, 4.69) is 9.98 Å². The second-order valence-electron chi connectivity index (χ2n) is 7.54. The first-order valence-electron chi connectivity index (χ1n) is 9.18. The summed E-state index contributed by atoms with van der Waals surface area (Å²) in [6, 6.07) is 4.61. The average Bonchev–Trinajstić information content (AvgIpc) is 3.13. The summed E-state index contributed by atoms with van der Waals surface area (Å²) in [6.07, 6.45) is -16.5. The van der Waals surface area contributed by atoms with Crippen LogP contribution >= 0.6 is 0 Å². The smallest absolute Gasteiger partial charge is 0.324 e. The van der Waals surface area contributed by atoms with Gasteiger partial charge in [-0.2, -0.15) is 39.5 Å². The van der Waals surface area contributed by atoms with Crippen molar-refractivity contribution in [1.82, 2.24) is 4.98 Å². The van der Waals surface area contributed by atoms with Crippen molar-refractivity contribution in [2.45, 2.75) is 49.4 Å². The first-order chi connectivity index (χ1) is 14.5. The lowest BCUT2D eigenvalue weighted by molar-refractivity contribution is -0.170. The summed E-state index contributed by atoms with van der Waals surface area (Å²) < 4.78 is 121. The van der Waals surface area contributed by atoms with Crippen molar-refractivity contribution in [3.8, 4) is 0 Å². The van der Waals surface area contributed by atoms with Gasteiger partial charge >= 0.3 is 18.5 Å². The highest BCUT2D eigenvalue weighted by Crippen LogP contribution is 2.51. The Morgan fingerprint density at radius 2 is 1.41 bits per heavy atom. The summed E-state index contributed by atoms with van der Waals surface area (Å²) in [4.78, 5) is 6.29. The second-order valence-corrected chi connectivity index (χ2v) is 7.54. The van der Waals surface area contributed by atoms with Crippen molar-refractivity contribution in [1.29, 1.82) is 0 Å². The van der Waals surface area contributed by atoms with Gasteiger partial charge in [0.1, 0.15) is 16.8 Å². The summed E-state index contributed by atoms with van der Waals surface area (Å²) >= 11 is 0. The molecule has 1 aromatic heterocycles. The summed E-state index contributed by atoms with van der Waals surface area (Å²) in [6.45, 7) is 1.69. The van der Waals surface area contributed by atoms with Gasteiger partial charge in [-0.3, -0.25) is 4.99 Å². The van der Waals surface area contributed by atoms with Crippen LogP contribution in [-0.2, 0) is 17.8 Å². The van der Waals surface area contributed by atoms with Crippen molar-refractivity contribution < 1.29 is 39.5 Å². The molecule has 0 amide bonds. The molecule has 3 rings (SSSR count). The van der Waals surface area contributed by atoms with Crippen molar-refractivity contribution >= 4 is 6.21 Å². The maximum absolute atomic E-state index is 14.1. The van der Waals surface area contributed by atoms with Gasteiger partial charge in [-0.1, -0.05) is 24.3 Å². The highest BCUT2D eigenvalue weighted by Gasteiger charge is 2.59. The number of pyridine rings is 1. The molecule has 0 spiro atoms. The molecule has 0 saturated heterocycles. The molecule has 1 aliphatic rings. The van der Waals surface area contributed by atoms with Gasteiger partial charge in [0.25, 0.3) is 0 Å². The van der Waals surface area contributed by atoms with E-state index in [9.17, 15) is 39.5 Å². The third kappa shape index (κ3) is 4.45. The van der Waals surface area contributed by atoms with Gasteiger partial charge in [0.2, 0.25) is 0 Å². The van der Waals surface area contributed by atoms with Gasteiger partial charge in [-0.15, -0.1) is 0 Å². The van der Waals surface area contributed by atoms with E-state index in [4.69, 9.17) is 5.73 Å².